The molecule has 0 atom stereocenters. The van der Waals surface area contributed by atoms with E-state index in [4.69, 9.17) is 4.74 Å². The molecule has 0 aliphatic rings. The normalized spacial score (nSPS) is 11.4. The van der Waals surface area contributed by atoms with Crippen LogP contribution in [0.25, 0.3) is 16.8 Å². The minimum absolute atomic E-state index is 0.142. The highest BCUT2D eigenvalue weighted by Crippen LogP contribution is 2.25. The molecule has 7 nitrogen and oxygen atoms in total. The summed E-state index contributed by atoms with van der Waals surface area (Å²) in [5.74, 6) is 2.14. The molecule has 0 spiro atoms. The van der Waals surface area contributed by atoms with Gasteiger partial charge < -0.3 is 4.74 Å². The van der Waals surface area contributed by atoms with Crippen LogP contribution in [-0.4, -0.2) is 23.7 Å². The molecule has 3 aromatic heterocycles. The van der Waals surface area contributed by atoms with E-state index in [0.29, 0.717) is 17.1 Å². The van der Waals surface area contributed by atoms with Crippen LogP contribution in [0, 0.1) is 0 Å². The lowest BCUT2D eigenvalue weighted by Gasteiger charge is -2.12. The first-order chi connectivity index (χ1) is 12.9. The monoisotopic (exact) mass is 363 g/mol. The zero-order valence-corrected chi connectivity index (χ0v) is 15.7. The van der Waals surface area contributed by atoms with Crippen molar-refractivity contribution in [3.63, 3.8) is 0 Å². The van der Waals surface area contributed by atoms with Crippen LogP contribution in [0.2, 0.25) is 0 Å². The molecule has 0 aliphatic heterocycles. The summed E-state index contributed by atoms with van der Waals surface area (Å²) < 4.78 is 11.1. The summed E-state index contributed by atoms with van der Waals surface area (Å²) in [6.07, 6.45) is 5.33. The van der Waals surface area contributed by atoms with E-state index in [9.17, 15) is 4.79 Å². The highest BCUT2D eigenvalue weighted by atomic mass is 16.5. The molecule has 7 heteroatoms. The fourth-order valence-electron chi connectivity index (χ4n) is 3.04. The summed E-state index contributed by atoms with van der Waals surface area (Å²) >= 11 is 0. The van der Waals surface area contributed by atoms with Crippen molar-refractivity contribution in [2.45, 2.75) is 19.8 Å². The first-order valence-electron chi connectivity index (χ1n) is 8.79. The van der Waals surface area contributed by atoms with Crippen molar-refractivity contribution < 1.29 is 4.74 Å². The number of nitrogens with zero attached hydrogens (tertiary/aromatic N) is 5. The lowest BCUT2D eigenvalue weighted by atomic mass is 10.1. The maximum Gasteiger partial charge on any atom is 0.279 e. The van der Waals surface area contributed by atoms with Gasteiger partial charge in [0.05, 0.1) is 18.1 Å². The van der Waals surface area contributed by atoms with E-state index in [0.717, 1.165) is 17.1 Å². The quantitative estimate of drug-likeness (QED) is 0.558. The number of hydrogen-bond acceptors (Lipinski definition) is 4. The Bertz CT molecular complexity index is 1170. The van der Waals surface area contributed by atoms with E-state index in [1.807, 2.05) is 68.0 Å². The molecule has 0 saturated heterocycles. The number of hydrogen-bond donors (Lipinski definition) is 0. The maximum absolute atomic E-state index is 12.6. The first kappa shape index (κ1) is 17.1. The summed E-state index contributed by atoms with van der Waals surface area (Å²) in [6.45, 7) is 4.09. The van der Waals surface area contributed by atoms with Gasteiger partial charge in [-0.2, -0.15) is 5.10 Å². The molecule has 27 heavy (non-hydrogen) atoms. The van der Waals surface area contributed by atoms with E-state index in [1.165, 1.54) is 4.57 Å². The fraction of sp³-hybridized carbons (Fsp3) is 0.250. The summed E-state index contributed by atoms with van der Waals surface area (Å²) in [4.78, 5) is 17.0. The van der Waals surface area contributed by atoms with Crippen LogP contribution >= 0.6 is 0 Å². The van der Waals surface area contributed by atoms with Crippen molar-refractivity contribution in [1.82, 2.24) is 23.7 Å². The molecule has 3 heterocycles. The number of imidazole rings is 1. The lowest BCUT2D eigenvalue weighted by Crippen LogP contribution is -2.20. The Morgan fingerprint density at radius 1 is 1.07 bits per heavy atom. The molecule has 4 rings (SSSR count). The van der Waals surface area contributed by atoms with Crippen LogP contribution < -0.4 is 10.3 Å². The van der Waals surface area contributed by atoms with Crippen molar-refractivity contribution in [3.8, 4) is 22.9 Å². The lowest BCUT2D eigenvalue weighted by molar-refractivity contribution is 0.430. The van der Waals surface area contributed by atoms with Crippen LogP contribution in [0.15, 0.2) is 53.7 Å². The number of rotatable bonds is 4. The first-order valence-corrected chi connectivity index (χ1v) is 8.79. The average molecular weight is 363 g/mol. The highest BCUT2D eigenvalue weighted by molar-refractivity contribution is 5.59. The molecule has 1 aromatic carbocycles. The predicted molar refractivity (Wildman–Crippen MR) is 103 cm³/mol. The minimum Gasteiger partial charge on any atom is -0.439 e. The molecule has 0 radical (unpaired) electrons. The molecule has 138 valence electrons. The van der Waals surface area contributed by atoms with Crippen molar-refractivity contribution in [1.29, 1.82) is 0 Å². The zero-order valence-electron chi connectivity index (χ0n) is 15.7. The largest absolute Gasteiger partial charge is 0.439 e. The second-order valence-corrected chi connectivity index (χ2v) is 6.86. The third-order valence-electron chi connectivity index (χ3n) is 4.52. The second kappa shape index (κ2) is 6.42. The van der Waals surface area contributed by atoms with Crippen molar-refractivity contribution in [3.05, 3.63) is 65.1 Å². The Balaban J connectivity index is 1.69. The number of ether oxygens (including phenoxy) is 1. The van der Waals surface area contributed by atoms with E-state index >= 15 is 0 Å². The van der Waals surface area contributed by atoms with Gasteiger partial charge in [0.25, 0.3) is 5.56 Å². The maximum atomic E-state index is 12.6. The van der Waals surface area contributed by atoms with Gasteiger partial charge in [-0.1, -0.05) is 13.8 Å². The highest BCUT2D eigenvalue weighted by Gasteiger charge is 2.14. The second-order valence-electron chi connectivity index (χ2n) is 6.86. The Hall–Kier alpha value is -3.35. The van der Waals surface area contributed by atoms with Gasteiger partial charge in [-0.05, 0) is 30.3 Å². The molecule has 0 N–H and O–H groups in total. The van der Waals surface area contributed by atoms with Gasteiger partial charge >= 0.3 is 0 Å². The number of aromatic nitrogens is 5. The molecule has 0 amide bonds. The van der Waals surface area contributed by atoms with Gasteiger partial charge in [0.15, 0.2) is 0 Å². The van der Waals surface area contributed by atoms with Gasteiger partial charge in [0, 0.05) is 31.8 Å². The van der Waals surface area contributed by atoms with Gasteiger partial charge in [0.2, 0.25) is 5.88 Å². The molecular weight excluding hydrogens is 342 g/mol. The summed E-state index contributed by atoms with van der Waals surface area (Å²) in [5, 5.41) is 4.39. The predicted octanol–water partition coefficient (Wildman–Crippen LogP) is 3.35. The molecule has 0 bridgehead atoms. The van der Waals surface area contributed by atoms with E-state index in [-0.39, 0.29) is 11.5 Å². The summed E-state index contributed by atoms with van der Waals surface area (Å²) in [6, 6.07) is 9.60. The van der Waals surface area contributed by atoms with Crippen LogP contribution in [0.4, 0.5) is 0 Å². The molecular formula is C20H21N5O2. The van der Waals surface area contributed by atoms with Crippen LogP contribution in [0.5, 0.6) is 11.6 Å². The zero-order chi connectivity index (χ0) is 19.1. The standard InChI is InChI=1S/C20H21N5O2/c1-13(2)19-21-11-17-20(26)24(4)18(12-25(17)19)27-15-7-5-14(6-8-15)16-9-10-23(3)22-16/h5-13H,1-4H3. The van der Waals surface area contributed by atoms with E-state index in [1.54, 1.807) is 17.9 Å². The van der Waals surface area contributed by atoms with Gasteiger partial charge in [0.1, 0.15) is 17.1 Å². The van der Waals surface area contributed by atoms with Crippen molar-refractivity contribution in [2.24, 2.45) is 14.1 Å². The van der Waals surface area contributed by atoms with E-state index < -0.39 is 0 Å². The van der Waals surface area contributed by atoms with Crippen LogP contribution in [-0.2, 0) is 14.1 Å². The third-order valence-corrected chi connectivity index (χ3v) is 4.52. The molecule has 0 fully saturated rings. The smallest absolute Gasteiger partial charge is 0.279 e. The Kier molecular flexibility index (Phi) is 4.07. The number of benzene rings is 1. The van der Waals surface area contributed by atoms with Crippen LogP contribution in [0.1, 0.15) is 25.6 Å². The minimum atomic E-state index is -0.142. The van der Waals surface area contributed by atoms with Crippen LogP contribution in [0.3, 0.4) is 0 Å². The van der Waals surface area contributed by atoms with Gasteiger partial charge in [-0.25, -0.2) is 4.98 Å². The van der Waals surface area contributed by atoms with Crippen molar-refractivity contribution >= 4 is 5.52 Å². The topological polar surface area (TPSA) is 66.4 Å². The third kappa shape index (κ3) is 3.01. The SMILES string of the molecule is CC(C)c1ncc2c(=O)n(C)c(Oc3ccc(-c4ccn(C)n4)cc3)cn12. The van der Waals surface area contributed by atoms with E-state index in [2.05, 4.69) is 10.1 Å². The molecule has 0 unspecified atom stereocenters. The van der Waals surface area contributed by atoms with Crippen molar-refractivity contribution in [2.75, 3.05) is 0 Å². The molecule has 0 saturated carbocycles. The summed E-state index contributed by atoms with van der Waals surface area (Å²) in [5.41, 5.74) is 2.30. The Morgan fingerprint density at radius 2 is 1.81 bits per heavy atom. The Morgan fingerprint density at radius 3 is 2.44 bits per heavy atom. The fourth-order valence-corrected chi connectivity index (χ4v) is 3.04. The van der Waals surface area contributed by atoms with Gasteiger partial charge in [-0.15, -0.1) is 0 Å². The molecule has 4 aromatic rings. The average Bonchev–Trinajstić information content (AvgIpc) is 3.26. The Labute approximate surface area is 156 Å². The number of fused-ring (bicyclic) bond motifs is 1. The number of aryl methyl sites for hydroxylation is 1. The summed E-state index contributed by atoms with van der Waals surface area (Å²) in [7, 11) is 3.58. The van der Waals surface area contributed by atoms with Gasteiger partial charge in [-0.3, -0.25) is 18.4 Å². The molecule has 0 aliphatic carbocycles.